The Labute approximate surface area is 113 Å². The summed E-state index contributed by atoms with van der Waals surface area (Å²) in [6.07, 6.45) is 2.10. The summed E-state index contributed by atoms with van der Waals surface area (Å²) in [5, 5.41) is 2.80. The van der Waals surface area contributed by atoms with Gasteiger partial charge in [-0.05, 0) is 29.2 Å². The van der Waals surface area contributed by atoms with E-state index < -0.39 is 0 Å². The molecule has 0 aromatic heterocycles. The summed E-state index contributed by atoms with van der Waals surface area (Å²) in [5.74, 6) is -0.128. The second-order valence-corrected chi connectivity index (χ2v) is 4.27. The van der Waals surface area contributed by atoms with Crippen molar-refractivity contribution >= 4 is 5.91 Å². The molecule has 2 nitrogen and oxygen atoms in total. The number of hydrogen-bond acceptors (Lipinski definition) is 1. The molecule has 0 aliphatic carbocycles. The van der Waals surface area contributed by atoms with E-state index in [9.17, 15) is 4.79 Å². The molecule has 2 aromatic rings. The molecule has 1 N–H and O–H groups in total. The number of benzene rings is 2. The minimum atomic E-state index is -0.128. The lowest BCUT2D eigenvalue weighted by Crippen LogP contribution is -2.23. The van der Waals surface area contributed by atoms with Gasteiger partial charge in [-0.3, -0.25) is 4.79 Å². The van der Waals surface area contributed by atoms with E-state index in [-0.39, 0.29) is 5.91 Å². The van der Waals surface area contributed by atoms with Crippen molar-refractivity contribution in [1.82, 2.24) is 5.32 Å². The SMILES string of the molecule is C=CC(=O)NCCc1ccccc1-c1ccccc1. The third kappa shape index (κ3) is 3.55. The van der Waals surface area contributed by atoms with E-state index in [2.05, 4.69) is 36.2 Å². The number of hydrogen-bond donors (Lipinski definition) is 1. The summed E-state index contributed by atoms with van der Waals surface area (Å²) in [4.78, 5) is 11.1. The van der Waals surface area contributed by atoms with Crippen LogP contribution in [0.5, 0.6) is 0 Å². The zero-order valence-electron chi connectivity index (χ0n) is 10.8. The normalized spacial score (nSPS) is 9.89. The molecule has 0 radical (unpaired) electrons. The fourth-order valence-corrected chi connectivity index (χ4v) is 2.03. The Balaban J connectivity index is 2.13. The molecule has 96 valence electrons. The minimum Gasteiger partial charge on any atom is -0.352 e. The molecule has 0 unspecified atom stereocenters. The van der Waals surface area contributed by atoms with Crippen LogP contribution < -0.4 is 5.32 Å². The van der Waals surface area contributed by atoms with Gasteiger partial charge in [-0.1, -0.05) is 61.2 Å². The van der Waals surface area contributed by atoms with Crippen molar-refractivity contribution in [3.63, 3.8) is 0 Å². The molecule has 2 rings (SSSR count). The van der Waals surface area contributed by atoms with Gasteiger partial charge in [0.15, 0.2) is 0 Å². The molecule has 0 spiro atoms. The van der Waals surface area contributed by atoms with Crippen molar-refractivity contribution in [1.29, 1.82) is 0 Å². The predicted octanol–water partition coefficient (Wildman–Crippen LogP) is 3.20. The maximum Gasteiger partial charge on any atom is 0.243 e. The van der Waals surface area contributed by atoms with Crippen LogP contribution in [0.25, 0.3) is 11.1 Å². The Morgan fingerprint density at radius 3 is 2.47 bits per heavy atom. The van der Waals surface area contributed by atoms with E-state index in [0.29, 0.717) is 6.54 Å². The molecule has 2 heteroatoms. The van der Waals surface area contributed by atoms with Crippen LogP contribution in [0.1, 0.15) is 5.56 Å². The zero-order chi connectivity index (χ0) is 13.5. The average molecular weight is 251 g/mol. The Morgan fingerprint density at radius 2 is 1.74 bits per heavy atom. The van der Waals surface area contributed by atoms with Crippen LogP contribution in [0.2, 0.25) is 0 Å². The summed E-state index contributed by atoms with van der Waals surface area (Å²) >= 11 is 0. The molecule has 0 saturated carbocycles. The summed E-state index contributed by atoms with van der Waals surface area (Å²) in [6, 6.07) is 18.5. The van der Waals surface area contributed by atoms with Gasteiger partial charge < -0.3 is 5.32 Å². The van der Waals surface area contributed by atoms with Crippen molar-refractivity contribution in [2.45, 2.75) is 6.42 Å². The molecule has 0 saturated heterocycles. The predicted molar refractivity (Wildman–Crippen MR) is 78.8 cm³/mol. The van der Waals surface area contributed by atoms with Crippen molar-refractivity contribution < 1.29 is 4.79 Å². The average Bonchev–Trinajstić information content (AvgIpc) is 2.48. The largest absolute Gasteiger partial charge is 0.352 e. The van der Waals surface area contributed by atoms with Crippen LogP contribution in [0.15, 0.2) is 67.3 Å². The van der Waals surface area contributed by atoms with Crippen LogP contribution in [0, 0.1) is 0 Å². The monoisotopic (exact) mass is 251 g/mol. The lowest BCUT2D eigenvalue weighted by molar-refractivity contribution is -0.116. The topological polar surface area (TPSA) is 29.1 Å². The first-order chi connectivity index (χ1) is 9.31. The summed E-state index contributed by atoms with van der Waals surface area (Å²) < 4.78 is 0. The van der Waals surface area contributed by atoms with Gasteiger partial charge in [0.05, 0.1) is 0 Å². The summed E-state index contributed by atoms with van der Waals surface area (Å²) in [7, 11) is 0. The minimum absolute atomic E-state index is 0.128. The van der Waals surface area contributed by atoms with Gasteiger partial charge in [-0.25, -0.2) is 0 Å². The molecule has 0 aliphatic rings. The quantitative estimate of drug-likeness (QED) is 0.812. The molecule has 0 fully saturated rings. The third-order valence-corrected chi connectivity index (χ3v) is 2.98. The Bertz CT molecular complexity index is 560. The molecule has 0 aliphatic heterocycles. The van der Waals surface area contributed by atoms with Gasteiger partial charge in [0, 0.05) is 6.54 Å². The molecule has 2 aromatic carbocycles. The molecule has 0 atom stereocenters. The van der Waals surface area contributed by atoms with Crippen LogP contribution in [0.4, 0.5) is 0 Å². The molecule has 0 bridgehead atoms. The highest BCUT2D eigenvalue weighted by Gasteiger charge is 2.04. The van der Waals surface area contributed by atoms with Crippen molar-refractivity contribution in [2.75, 3.05) is 6.54 Å². The lowest BCUT2D eigenvalue weighted by atomic mass is 9.98. The van der Waals surface area contributed by atoms with Crippen LogP contribution in [-0.4, -0.2) is 12.5 Å². The molecular weight excluding hydrogens is 234 g/mol. The summed E-state index contributed by atoms with van der Waals surface area (Å²) in [5.41, 5.74) is 3.65. The van der Waals surface area contributed by atoms with Gasteiger partial charge in [0.2, 0.25) is 5.91 Å². The first kappa shape index (κ1) is 13.1. The smallest absolute Gasteiger partial charge is 0.243 e. The lowest BCUT2D eigenvalue weighted by Gasteiger charge is -2.10. The highest BCUT2D eigenvalue weighted by molar-refractivity contribution is 5.86. The molecule has 1 amide bonds. The van der Waals surface area contributed by atoms with E-state index in [1.807, 2.05) is 30.3 Å². The van der Waals surface area contributed by atoms with Crippen LogP contribution in [0.3, 0.4) is 0 Å². The first-order valence-electron chi connectivity index (χ1n) is 6.35. The second kappa shape index (κ2) is 6.55. The van der Waals surface area contributed by atoms with E-state index in [1.54, 1.807) is 0 Å². The Hall–Kier alpha value is -2.35. The van der Waals surface area contributed by atoms with Crippen molar-refractivity contribution in [2.24, 2.45) is 0 Å². The number of carbonyl (C=O) groups excluding carboxylic acids is 1. The van der Waals surface area contributed by atoms with Crippen molar-refractivity contribution in [3.05, 3.63) is 72.8 Å². The van der Waals surface area contributed by atoms with Crippen LogP contribution >= 0.6 is 0 Å². The third-order valence-electron chi connectivity index (χ3n) is 2.98. The summed E-state index contributed by atoms with van der Waals surface area (Å²) in [6.45, 7) is 4.06. The standard InChI is InChI=1S/C17H17NO/c1-2-17(19)18-13-12-15-10-6-7-11-16(15)14-8-4-3-5-9-14/h2-11H,1,12-13H2,(H,18,19). The van der Waals surface area contributed by atoms with Crippen molar-refractivity contribution in [3.8, 4) is 11.1 Å². The maximum absolute atomic E-state index is 11.1. The number of rotatable bonds is 5. The fraction of sp³-hybridized carbons (Fsp3) is 0.118. The highest BCUT2D eigenvalue weighted by Crippen LogP contribution is 2.23. The van der Waals surface area contributed by atoms with Crippen LogP contribution in [-0.2, 0) is 11.2 Å². The van der Waals surface area contributed by atoms with E-state index in [4.69, 9.17) is 0 Å². The van der Waals surface area contributed by atoms with E-state index >= 15 is 0 Å². The number of nitrogens with one attached hydrogen (secondary N) is 1. The van der Waals surface area contributed by atoms with Gasteiger partial charge in [-0.15, -0.1) is 0 Å². The van der Waals surface area contributed by atoms with Gasteiger partial charge in [0.1, 0.15) is 0 Å². The molecule has 0 heterocycles. The van der Waals surface area contributed by atoms with Gasteiger partial charge >= 0.3 is 0 Å². The second-order valence-electron chi connectivity index (χ2n) is 4.27. The Kier molecular flexibility index (Phi) is 4.51. The van der Waals surface area contributed by atoms with E-state index in [0.717, 1.165) is 6.42 Å². The molecular formula is C17H17NO. The Morgan fingerprint density at radius 1 is 1.05 bits per heavy atom. The maximum atomic E-state index is 11.1. The first-order valence-corrected chi connectivity index (χ1v) is 6.35. The van der Waals surface area contributed by atoms with Gasteiger partial charge in [-0.2, -0.15) is 0 Å². The number of carbonyl (C=O) groups is 1. The highest BCUT2D eigenvalue weighted by atomic mass is 16.1. The zero-order valence-corrected chi connectivity index (χ0v) is 10.8. The van der Waals surface area contributed by atoms with E-state index in [1.165, 1.54) is 22.8 Å². The van der Waals surface area contributed by atoms with Gasteiger partial charge in [0.25, 0.3) is 0 Å². The molecule has 19 heavy (non-hydrogen) atoms. The number of amides is 1. The fourth-order valence-electron chi connectivity index (χ4n) is 2.03.